The monoisotopic (exact) mass is 347 g/mol. The minimum Gasteiger partial charge on any atom is -0.349 e. The number of rotatable bonds is 6. The Morgan fingerprint density at radius 2 is 1.72 bits per heavy atom. The van der Waals surface area contributed by atoms with Gasteiger partial charge in [0.15, 0.2) is 5.78 Å². The summed E-state index contributed by atoms with van der Waals surface area (Å²) >= 11 is 0. The van der Waals surface area contributed by atoms with E-state index in [9.17, 15) is 9.59 Å². The molecule has 1 rings (SSSR count). The van der Waals surface area contributed by atoms with Gasteiger partial charge in [0, 0.05) is 30.3 Å². The Bertz CT molecular complexity index is 623. The minimum atomic E-state index is -0.569. The first-order valence-electron chi connectivity index (χ1n) is 8.78. The van der Waals surface area contributed by atoms with Crippen molar-refractivity contribution in [2.45, 2.75) is 48.0 Å². The van der Waals surface area contributed by atoms with Crippen LogP contribution in [-0.2, 0) is 6.42 Å². The molecule has 0 radical (unpaired) electrons. The Morgan fingerprint density at radius 1 is 1.12 bits per heavy atom. The van der Waals surface area contributed by atoms with Gasteiger partial charge in [0.05, 0.1) is 0 Å². The van der Waals surface area contributed by atoms with Crippen molar-refractivity contribution in [1.29, 1.82) is 0 Å². The van der Waals surface area contributed by atoms with E-state index in [0.29, 0.717) is 12.1 Å². The number of amides is 1. The van der Waals surface area contributed by atoms with Gasteiger partial charge in [-0.05, 0) is 37.6 Å². The van der Waals surface area contributed by atoms with Gasteiger partial charge in [-0.3, -0.25) is 14.6 Å². The molecule has 0 aliphatic carbocycles. The normalized spacial score (nSPS) is 12.4. The van der Waals surface area contributed by atoms with E-state index < -0.39 is 5.41 Å². The van der Waals surface area contributed by atoms with E-state index >= 15 is 0 Å². The standard InChI is InChI=1S/C20H33N3O2/c1-19(2,3)12-14-11-15(17(24)20(4,5)6)16(22-13-14)18(25)21-9-10-23(7)8/h11,13H,9-10,12H2,1-8H3,(H,21,25). The summed E-state index contributed by atoms with van der Waals surface area (Å²) in [6, 6.07) is 1.84. The Labute approximate surface area is 152 Å². The highest BCUT2D eigenvalue weighted by atomic mass is 16.2. The van der Waals surface area contributed by atoms with E-state index in [-0.39, 0.29) is 22.8 Å². The van der Waals surface area contributed by atoms with Crippen molar-refractivity contribution in [1.82, 2.24) is 15.2 Å². The van der Waals surface area contributed by atoms with E-state index in [1.807, 2.05) is 45.8 Å². The molecule has 0 spiro atoms. The SMILES string of the molecule is CN(C)CCNC(=O)c1ncc(CC(C)(C)C)cc1C(=O)C(C)(C)C. The molecule has 25 heavy (non-hydrogen) atoms. The first kappa shape index (κ1) is 21.3. The number of hydrogen-bond donors (Lipinski definition) is 1. The second kappa shape index (κ2) is 8.09. The number of pyridine rings is 1. The number of carbonyl (C=O) groups is 2. The van der Waals surface area contributed by atoms with Crippen LogP contribution < -0.4 is 5.32 Å². The number of Topliss-reactive ketones (excluding diaryl/α,β-unsaturated/α-hetero) is 1. The lowest BCUT2D eigenvalue weighted by Crippen LogP contribution is -2.34. The second-order valence-electron chi connectivity index (χ2n) is 9.12. The van der Waals surface area contributed by atoms with Crippen molar-refractivity contribution in [2.24, 2.45) is 10.8 Å². The van der Waals surface area contributed by atoms with Gasteiger partial charge in [-0.25, -0.2) is 0 Å². The molecule has 0 aliphatic heterocycles. The zero-order chi connectivity index (χ0) is 19.4. The molecule has 1 aromatic heterocycles. The molecule has 0 aromatic carbocycles. The maximum absolute atomic E-state index is 12.9. The molecule has 1 N–H and O–H groups in total. The van der Waals surface area contributed by atoms with Gasteiger partial charge in [-0.2, -0.15) is 0 Å². The predicted octanol–water partition coefficient (Wildman–Crippen LogP) is 3.19. The fourth-order valence-corrected chi connectivity index (χ4v) is 2.45. The Hall–Kier alpha value is -1.75. The quantitative estimate of drug-likeness (QED) is 0.803. The molecule has 0 fully saturated rings. The maximum atomic E-state index is 12.9. The van der Waals surface area contributed by atoms with Gasteiger partial charge in [-0.15, -0.1) is 0 Å². The third-order valence-electron chi connectivity index (χ3n) is 3.66. The Balaban J connectivity index is 3.18. The van der Waals surface area contributed by atoms with Crippen LogP contribution in [0.25, 0.3) is 0 Å². The van der Waals surface area contributed by atoms with Crippen LogP contribution in [0.3, 0.4) is 0 Å². The van der Waals surface area contributed by atoms with Gasteiger partial charge in [0.1, 0.15) is 5.69 Å². The summed E-state index contributed by atoms with van der Waals surface area (Å²) in [6.45, 7) is 13.2. The number of likely N-dealkylation sites (N-methyl/N-ethyl adjacent to an activating group) is 1. The van der Waals surface area contributed by atoms with Gasteiger partial charge >= 0.3 is 0 Å². The number of nitrogens with one attached hydrogen (secondary N) is 1. The summed E-state index contributed by atoms with van der Waals surface area (Å²) in [5, 5.41) is 2.85. The summed E-state index contributed by atoms with van der Waals surface area (Å²) in [4.78, 5) is 31.7. The lowest BCUT2D eigenvalue weighted by atomic mass is 9.83. The summed E-state index contributed by atoms with van der Waals surface area (Å²) < 4.78 is 0. The smallest absolute Gasteiger partial charge is 0.270 e. The number of carbonyl (C=O) groups excluding carboxylic acids is 2. The number of ketones is 1. The van der Waals surface area contributed by atoms with Crippen molar-refractivity contribution in [2.75, 3.05) is 27.2 Å². The molecule has 140 valence electrons. The zero-order valence-electron chi connectivity index (χ0n) is 17.0. The van der Waals surface area contributed by atoms with Crippen molar-refractivity contribution >= 4 is 11.7 Å². The summed E-state index contributed by atoms with van der Waals surface area (Å²) in [7, 11) is 3.89. The lowest BCUT2D eigenvalue weighted by Gasteiger charge is -2.21. The average molecular weight is 348 g/mol. The third kappa shape index (κ3) is 6.94. The summed E-state index contributed by atoms with van der Waals surface area (Å²) in [5.41, 5.74) is 1.12. The highest BCUT2D eigenvalue weighted by Gasteiger charge is 2.28. The van der Waals surface area contributed by atoms with Gasteiger partial charge in [0.25, 0.3) is 5.91 Å². The van der Waals surface area contributed by atoms with Gasteiger partial charge in [-0.1, -0.05) is 41.5 Å². The molecule has 1 amide bonds. The minimum absolute atomic E-state index is 0.0616. The molecular formula is C20H33N3O2. The van der Waals surface area contributed by atoms with Crippen LogP contribution in [0.2, 0.25) is 0 Å². The van der Waals surface area contributed by atoms with Crippen LogP contribution in [0.5, 0.6) is 0 Å². The van der Waals surface area contributed by atoms with Crippen LogP contribution in [0.15, 0.2) is 12.3 Å². The van der Waals surface area contributed by atoms with Crippen LogP contribution in [0, 0.1) is 10.8 Å². The zero-order valence-corrected chi connectivity index (χ0v) is 17.0. The molecular weight excluding hydrogens is 314 g/mol. The van der Waals surface area contributed by atoms with Crippen LogP contribution in [0.1, 0.15) is 68.0 Å². The van der Waals surface area contributed by atoms with Crippen LogP contribution in [0.4, 0.5) is 0 Å². The Kier molecular flexibility index (Phi) is 6.89. The molecule has 1 heterocycles. The van der Waals surface area contributed by atoms with E-state index in [0.717, 1.165) is 18.5 Å². The van der Waals surface area contributed by atoms with Gasteiger partial charge < -0.3 is 10.2 Å². The molecule has 0 saturated carbocycles. The van der Waals surface area contributed by atoms with Crippen molar-refractivity contribution < 1.29 is 9.59 Å². The largest absolute Gasteiger partial charge is 0.349 e. The molecule has 0 bridgehead atoms. The fourth-order valence-electron chi connectivity index (χ4n) is 2.45. The number of hydrogen-bond acceptors (Lipinski definition) is 4. The number of nitrogens with zero attached hydrogens (tertiary/aromatic N) is 2. The highest BCUT2D eigenvalue weighted by molar-refractivity contribution is 6.08. The van der Waals surface area contributed by atoms with Crippen molar-refractivity contribution in [3.8, 4) is 0 Å². The molecule has 0 saturated heterocycles. The molecule has 5 heteroatoms. The predicted molar refractivity (Wildman–Crippen MR) is 102 cm³/mol. The third-order valence-corrected chi connectivity index (χ3v) is 3.66. The first-order chi connectivity index (χ1) is 11.3. The molecule has 1 aromatic rings. The molecule has 0 atom stereocenters. The van der Waals surface area contributed by atoms with Gasteiger partial charge in [0.2, 0.25) is 0 Å². The fraction of sp³-hybridized carbons (Fsp3) is 0.650. The summed E-state index contributed by atoms with van der Waals surface area (Å²) in [5.74, 6) is -0.356. The average Bonchev–Trinajstić information content (AvgIpc) is 2.43. The molecule has 0 unspecified atom stereocenters. The highest BCUT2D eigenvalue weighted by Crippen LogP contribution is 2.26. The van der Waals surface area contributed by atoms with Crippen LogP contribution in [-0.4, -0.2) is 48.8 Å². The van der Waals surface area contributed by atoms with Crippen LogP contribution >= 0.6 is 0 Å². The van der Waals surface area contributed by atoms with E-state index in [1.54, 1.807) is 6.20 Å². The summed E-state index contributed by atoms with van der Waals surface area (Å²) in [6.07, 6.45) is 2.51. The van der Waals surface area contributed by atoms with E-state index in [1.165, 1.54) is 0 Å². The van der Waals surface area contributed by atoms with Crippen molar-refractivity contribution in [3.05, 3.63) is 29.1 Å². The molecule has 0 aliphatic rings. The molecule has 5 nitrogen and oxygen atoms in total. The van der Waals surface area contributed by atoms with E-state index in [2.05, 4.69) is 31.1 Å². The van der Waals surface area contributed by atoms with Crippen molar-refractivity contribution in [3.63, 3.8) is 0 Å². The second-order valence-corrected chi connectivity index (χ2v) is 9.12. The number of aromatic nitrogens is 1. The van der Waals surface area contributed by atoms with E-state index in [4.69, 9.17) is 0 Å². The maximum Gasteiger partial charge on any atom is 0.270 e. The topological polar surface area (TPSA) is 62.3 Å². The lowest BCUT2D eigenvalue weighted by molar-refractivity contribution is 0.0845. The first-order valence-corrected chi connectivity index (χ1v) is 8.78. The Morgan fingerprint density at radius 3 is 2.20 bits per heavy atom.